The summed E-state index contributed by atoms with van der Waals surface area (Å²) in [6.45, 7) is 4.21. The molecule has 5 nitrogen and oxygen atoms in total. The first kappa shape index (κ1) is 10.3. The van der Waals surface area contributed by atoms with E-state index in [9.17, 15) is 0 Å². The highest BCUT2D eigenvalue weighted by Crippen LogP contribution is 2.42. The average molecular weight is 243 g/mol. The Kier molecular flexibility index (Phi) is 1.96. The maximum absolute atomic E-state index is 4.50. The standard InChI is InChI=1S/C13H17N5/c1-8-9(2)16-13-14-7-15-18(13)12(8)17-10-3-4-11(17)6-5-10/h7,10-11H,3-6H2,1-2H3. The molecule has 2 aromatic heterocycles. The Hall–Kier alpha value is -1.65. The maximum Gasteiger partial charge on any atom is 0.254 e. The van der Waals surface area contributed by atoms with Crippen LogP contribution in [-0.4, -0.2) is 31.7 Å². The van der Waals surface area contributed by atoms with Crippen LogP contribution in [-0.2, 0) is 0 Å². The topological polar surface area (TPSA) is 46.3 Å². The lowest BCUT2D eigenvalue weighted by Gasteiger charge is -2.26. The van der Waals surface area contributed by atoms with Gasteiger partial charge in [0.25, 0.3) is 5.78 Å². The van der Waals surface area contributed by atoms with Crippen LogP contribution in [0.2, 0.25) is 0 Å². The summed E-state index contributed by atoms with van der Waals surface area (Å²) in [4.78, 5) is 11.3. The van der Waals surface area contributed by atoms with E-state index in [4.69, 9.17) is 0 Å². The molecule has 5 heteroatoms. The van der Waals surface area contributed by atoms with Crippen molar-refractivity contribution >= 4 is 11.6 Å². The molecule has 0 aliphatic carbocycles. The second kappa shape index (κ2) is 3.43. The first-order valence-corrected chi connectivity index (χ1v) is 6.71. The quantitative estimate of drug-likeness (QED) is 0.767. The largest absolute Gasteiger partial charge is 0.350 e. The Balaban J connectivity index is 1.98. The number of aryl methyl sites for hydroxylation is 1. The highest BCUT2D eigenvalue weighted by Gasteiger charge is 2.41. The van der Waals surface area contributed by atoms with E-state index >= 15 is 0 Å². The molecule has 4 rings (SSSR count). The van der Waals surface area contributed by atoms with Gasteiger partial charge in [-0.15, -0.1) is 0 Å². The number of hydrogen-bond donors (Lipinski definition) is 0. The molecule has 0 radical (unpaired) electrons. The van der Waals surface area contributed by atoms with E-state index in [2.05, 4.69) is 33.8 Å². The minimum absolute atomic E-state index is 0.697. The maximum atomic E-state index is 4.50. The van der Waals surface area contributed by atoms with E-state index < -0.39 is 0 Å². The summed E-state index contributed by atoms with van der Waals surface area (Å²) in [5.41, 5.74) is 2.31. The SMILES string of the molecule is Cc1nc2ncnn2c(N2C3CCC2CC3)c1C. The molecule has 94 valence electrons. The van der Waals surface area contributed by atoms with Crippen molar-refractivity contribution in [1.82, 2.24) is 19.6 Å². The van der Waals surface area contributed by atoms with Crippen LogP contribution in [0.25, 0.3) is 5.78 Å². The summed E-state index contributed by atoms with van der Waals surface area (Å²) in [5, 5.41) is 4.36. The Morgan fingerprint density at radius 1 is 1.11 bits per heavy atom. The second-order valence-corrected chi connectivity index (χ2v) is 5.49. The van der Waals surface area contributed by atoms with Gasteiger partial charge in [0, 0.05) is 23.3 Å². The van der Waals surface area contributed by atoms with Gasteiger partial charge in [0.2, 0.25) is 0 Å². The van der Waals surface area contributed by atoms with E-state index in [1.54, 1.807) is 6.33 Å². The summed E-state index contributed by atoms with van der Waals surface area (Å²) in [6.07, 6.45) is 6.88. The molecule has 2 fully saturated rings. The molecule has 2 saturated heterocycles. The number of hydrogen-bond acceptors (Lipinski definition) is 4. The van der Waals surface area contributed by atoms with E-state index in [0.29, 0.717) is 12.1 Å². The molecule has 2 aliphatic rings. The van der Waals surface area contributed by atoms with Crippen LogP contribution in [0.15, 0.2) is 6.33 Å². The zero-order valence-corrected chi connectivity index (χ0v) is 10.8. The summed E-state index contributed by atoms with van der Waals surface area (Å²) in [7, 11) is 0. The number of rotatable bonds is 1. The summed E-state index contributed by atoms with van der Waals surface area (Å²) >= 11 is 0. The third kappa shape index (κ3) is 1.19. The van der Waals surface area contributed by atoms with Crippen LogP contribution in [0.3, 0.4) is 0 Å². The molecule has 18 heavy (non-hydrogen) atoms. The molecule has 0 saturated carbocycles. The lowest BCUT2D eigenvalue weighted by molar-refractivity contribution is 0.576. The molecule has 0 atom stereocenters. The van der Waals surface area contributed by atoms with Gasteiger partial charge in [0.1, 0.15) is 12.1 Å². The zero-order chi connectivity index (χ0) is 12.3. The van der Waals surface area contributed by atoms with E-state index in [1.165, 1.54) is 37.1 Å². The van der Waals surface area contributed by atoms with Crippen LogP contribution in [0, 0.1) is 13.8 Å². The van der Waals surface area contributed by atoms with Crippen LogP contribution in [0.4, 0.5) is 5.82 Å². The van der Waals surface area contributed by atoms with E-state index in [0.717, 1.165) is 11.5 Å². The van der Waals surface area contributed by atoms with Crippen molar-refractivity contribution in [3.05, 3.63) is 17.6 Å². The summed E-state index contributed by atoms with van der Waals surface area (Å²) < 4.78 is 1.92. The Bertz CT molecular complexity index is 597. The van der Waals surface area contributed by atoms with Crippen LogP contribution in [0.5, 0.6) is 0 Å². The third-order valence-corrected chi connectivity index (χ3v) is 4.57. The first-order chi connectivity index (χ1) is 8.75. The van der Waals surface area contributed by atoms with Crippen molar-refractivity contribution in [3.8, 4) is 0 Å². The summed E-state index contributed by atoms with van der Waals surface area (Å²) in [5.74, 6) is 1.94. The van der Waals surface area contributed by atoms with Crippen LogP contribution >= 0.6 is 0 Å². The monoisotopic (exact) mass is 243 g/mol. The Morgan fingerprint density at radius 2 is 1.78 bits per heavy atom. The fraction of sp³-hybridized carbons (Fsp3) is 0.615. The fourth-order valence-electron chi connectivity index (χ4n) is 3.58. The number of anilines is 1. The molecule has 2 bridgehead atoms. The molecule has 2 aromatic rings. The van der Waals surface area contributed by atoms with Crippen molar-refractivity contribution < 1.29 is 0 Å². The molecular formula is C13H17N5. The number of fused-ring (bicyclic) bond motifs is 3. The number of nitrogens with zero attached hydrogens (tertiary/aromatic N) is 5. The van der Waals surface area contributed by atoms with Gasteiger partial charge in [-0.3, -0.25) is 0 Å². The van der Waals surface area contributed by atoms with Gasteiger partial charge in [0.15, 0.2) is 0 Å². The Labute approximate surface area is 106 Å². The number of aromatic nitrogens is 4. The lowest BCUT2D eigenvalue weighted by Crippen LogP contribution is -2.31. The molecule has 0 unspecified atom stereocenters. The molecule has 0 aromatic carbocycles. The van der Waals surface area contributed by atoms with E-state index in [1.807, 2.05) is 4.52 Å². The minimum atomic E-state index is 0.697. The second-order valence-electron chi connectivity index (χ2n) is 5.49. The molecule has 0 spiro atoms. The molecular weight excluding hydrogens is 226 g/mol. The van der Waals surface area contributed by atoms with Crippen molar-refractivity contribution in [3.63, 3.8) is 0 Å². The van der Waals surface area contributed by atoms with Crippen molar-refractivity contribution in [1.29, 1.82) is 0 Å². The van der Waals surface area contributed by atoms with Gasteiger partial charge in [-0.25, -0.2) is 4.98 Å². The average Bonchev–Trinajstić information content (AvgIpc) is 3.06. The first-order valence-electron chi connectivity index (χ1n) is 6.71. The van der Waals surface area contributed by atoms with E-state index in [-0.39, 0.29) is 0 Å². The highest BCUT2D eigenvalue weighted by atomic mass is 15.4. The van der Waals surface area contributed by atoms with Crippen molar-refractivity contribution in [2.24, 2.45) is 0 Å². The van der Waals surface area contributed by atoms with Gasteiger partial charge < -0.3 is 4.90 Å². The molecule has 4 heterocycles. The fourth-order valence-corrected chi connectivity index (χ4v) is 3.58. The normalized spacial score (nSPS) is 26.4. The van der Waals surface area contributed by atoms with Crippen molar-refractivity contribution in [2.75, 3.05) is 4.90 Å². The minimum Gasteiger partial charge on any atom is -0.350 e. The molecule has 0 amide bonds. The van der Waals surface area contributed by atoms with Gasteiger partial charge in [-0.05, 0) is 39.5 Å². The van der Waals surface area contributed by atoms with Gasteiger partial charge in [-0.2, -0.15) is 14.6 Å². The van der Waals surface area contributed by atoms with Gasteiger partial charge in [0.05, 0.1) is 0 Å². The molecule has 2 aliphatic heterocycles. The Morgan fingerprint density at radius 3 is 2.44 bits per heavy atom. The predicted octanol–water partition coefficient (Wildman–Crippen LogP) is 1.87. The van der Waals surface area contributed by atoms with Crippen LogP contribution in [0.1, 0.15) is 36.9 Å². The molecule has 0 N–H and O–H groups in total. The summed E-state index contributed by atoms with van der Waals surface area (Å²) in [6, 6.07) is 1.39. The third-order valence-electron chi connectivity index (χ3n) is 4.57. The lowest BCUT2D eigenvalue weighted by atomic mass is 10.0. The highest BCUT2D eigenvalue weighted by molar-refractivity contribution is 5.56. The van der Waals surface area contributed by atoms with Crippen molar-refractivity contribution in [2.45, 2.75) is 51.6 Å². The van der Waals surface area contributed by atoms with Gasteiger partial charge >= 0.3 is 0 Å². The smallest absolute Gasteiger partial charge is 0.254 e. The predicted molar refractivity (Wildman–Crippen MR) is 68.8 cm³/mol. The van der Waals surface area contributed by atoms with Crippen LogP contribution < -0.4 is 4.90 Å². The van der Waals surface area contributed by atoms with Gasteiger partial charge in [-0.1, -0.05) is 0 Å². The zero-order valence-electron chi connectivity index (χ0n) is 10.8.